The number of amides is 1. The molecule has 2 heterocycles. The molecule has 3 nitrogen and oxygen atoms in total. The molecule has 2 aliphatic heterocycles. The third-order valence-electron chi connectivity index (χ3n) is 4.14. The van der Waals surface area contributed by atoms with Crippen LogP contribution in [-0.2, 0) is 4.79 Å². The molecular formula is C12H22N2O. The second-order valence-corrected chi connectivity index (χ2v) is 5.14. The molecule has 4 atom stereocenters. The van der Waals surface area contributed by atoms with Crippen molar-refractivity contribution in [1.29, 1.82) is 0 Å². The number of likely N-dealkylation sites (tertiary alicyclic amines) is 1. The van der Waals surface area contributed by atoms with Crippen LogP contribution in [0.5, 0.6) is 0 Å². The lowest BCUT2D eigenvalue weighted by molar-refractivity contribution is -0.147. The molecule has 2 fully saturated rings. The molecule has 0 saturated carbocycles. The Balaban J connectivity index is 2.02. The molecule has 0 aliphatic carbocycles. The Hall–Kier alpha value is -0.570. The van der Waals surface area contributed by atoms with Crippen molar-refractivity contribution in [2.24, 2.45) is 11.8 Å². The minimum absolute atomic E-state index is 0.278. The van der Waals surface area contributed by atoms with Crippen LogP contribution in [0.4, 0.5) is 0 Å². The Kier molecular flexibility index (Phi) is 3.01. The van der Waals surface area contributed by atoms with E-state index in [1.54, 1.807) is 0 Å². The standard InChI is InChI=1S/C12H22N2O/c1-4-5-8(2)11-6-10-9(7-13-10)12(15)14(11)3/h8-11,13H,4-7H2,1-3H3. The molecular weight excluding hydrogens is 188 g/mol. The molecule has 0 spiro atoms. The van der Waals surface area contributed by atoms with Crippen LogP contribution in [0.3, 0.4) is 0 Å². The third-order valence-corrected chi connectivity index (χ3v) is 4.14. The smallest absolute Gasteiger partial charge is 0.228 e. The third kappa shape index (κ3) is 1.78. The summed E-state index contributed by atoms with van der Waals surface area (Å²) in [5, 5.41) is 3.38. The van der Waals surface area contributed by atoms with Crippen LogP contribution in [0.1, 0.15) is 33.1 Å². The monoisotopic (exact) mass is 210 g/mol. The van der Waals surface area contributed by atoms with Crippen LogP contribution in [0.2, 0.25) is 0 Å². The van der Waals surface area contributed by atoms with Crippen molar-refractivity contribution >= 4 is 5.91 Å². The molecule has 86 valence electrons. The summed E-state index contributed by atoms with van der Waals surface area (Å²) in [5.41, 5.74) is 0. The first-order valence-electron chi connectivity index (χ1n) is 6.15. The van der Waals surface area contributed by atoms with E-state index in [1.165, 1.54) is 12.8 Å². The average Bonchev–Trinajstić information content (AvgIpc) is 2.14. The quantitative estimate of drug-likeness (QED) is 0.760. The summed E-state index contributed by atoms with van der Waals surface area (Å²) in [4.78, 5) is 14.0. The number of nitrogens with one attached hydrogen (secondary N) is 1. The molecule has 2 rings (SSSR count). The van der Waals surface area contributed by atoms with E-state index in [-0.39, 0.29) is 5.92 Å². The molecule has 1 amide bonds. The predicted octanol–water partition coefficient (Wildman–Crippen LogP) is 1.24. The van der Waals surface area contributed by atoms with E-state index in [2.05, 4.69) is 19.2 Å². The highest BCUT2D eigenvalue weighted by atomic mass is 16.2. The van der Waals surface area contributed by atoms with Gasteiger partial charge in [-0.25, -0.2) is 0 Å². The molecule has 4 unspecified atom stereocenters. The molecule has 3 heteroatoms. The maximum atomic E-state index is 12.0. The van der Waals surface area contributed by atoms with E-state index in [1.807, 2.05) is 11.9 Å². The number of carbonyl (C=O) groups excluding carboxylic acids is 1. The lowest BCUT2D eigenvalue weighted by Crippen LogP contribution is -2.66. The van der Waals surface area contributed by atoms with Gasteiger partial charge in [0.2, 0.25) is 5.91 Å². The maximum Gasteiger partial charge on any atom is 0.228 e. The summed E-state index contributed by atoms with van der Waals surface area (Å²) in [6.07, 6.45) is 3.58. The Morgan fingerprint density at radius 3 is 2.87 bits per heavy atom. The van der Waals surface area contributed by atoms with Crippen LogP contribution < -0.4 is 5.32 Å². The average molecular weight is 210 g/mol. The maximum absolute atomic E-state index is 12.0. The highest BCUT2D eigenvalue weighted by molar-refractivity contribution is 5.82. The molecule has 1 N–H and O–H groups in total. The number of hydrogen-bond donors (Lipinski definition) is 1. The van der Waals surface area contributed by atoms with Gasteiger partial charge in [-0.15, -0.1) is 0 Å². The Morgan fingerprint density at radius 2 is 2.33 bits per heavy atom. The van der Waals surface area contributed by atoms with Gasteiger partial charge in [-0.2, -0.15) is 0 Å². The minimum atomic E-state index is 0.278. The van der Waals surface area contributed by atoms with Crippen molar-refractivity contribution in [2.75, 3.05) is 13.6 Å². The van der Waals surface area contributed by atoms with Crippen LogP contribution in [0, 0.1) is 11.8 Å². The van der Waals surface area contributed by atoms with Crippen LogP contribution >= 0.6 is 0 Å². The number of piperidine rings is 1. The second kappa shape index (κ2) is 4.12. The van der Waals surface area contributed by atoms with Gasteiger partial charge in [0.05, 0.1) is 5.92 Å². The number of hydrogen-bond acceptors (Lipinski definition) is 2. The van der Waals surface area contributed by atoms with E-state index in [4.69, 9.17) is 0 Å². The molecule has 2 saturated heterocycles. The zero-order valence-electron chi connectivity index (χ0n) is 9.99. The number of fused-ring (bicyclic) bond motifs is 1. The zero-order valence-corrected chi connectivity index (χ0v) is 9.99. The Morgan fingerprint density at radius 1 is 1.60 bits per heavy atom. The summed E-state index contributed by atoms with van der Waals surface area (Å²) in [6.45, 7) is 5.38. The Labute approximate surface area is 92.2 Å². The van der Waals surface area contributed by atoms with E-state index >= 15 is 0 Å². The first-order valence-corrected chi connectivity index (χ1v) is 6.15. The van der Waals surface area contributed by atoms with Gasteiger partial charge in [0.25, 0.3) is 0 Å². The summed E-state index contributed by atoms with van der Waals surface area (Å²) in [5.74, 6) is 1.27. The van der Waals surface area contributed by atoms with Gasteiger partial charge < -0.3 is 10.2 Å². The van der Waals surface area contributed by atoms with Crippen molar-refractivity contribution in [3.05, 3.63) is 0 Å². The fourth-order valence-corrected chi connectivity index (χ4v) is 3.01. The van der Waals surface area contributed by atoms with Gasteiger partial charge in [0.15, 0.2) is 0 Å². The first kappa shape index (κ1) is 10.9. The van der Waals surface area contributed by atoms with E-state index in [9.17, 15) is 4.79 Å². The largest absolute Gasteiger partial charge is 0.342 e. The molecule has 2 aliphatic rings. The number of carbonyl (C=O) groups is 1. The first-order chi connectivity index (χ1) is 7.15. The van der Waals surface area contributed by atoms with Crippen molar-refractivity contribution in [2.45, 2.75) is 45.2 Å². The number of nitrogens with zero attached hydrogens (tertiary/aromatic N) is 1. The summed E-state index contributed by atoms with van der Waals surface area (Å²) >= 11 is 0. The SMILES string of the molecule is CCCC(C)C1CC2NCC2C(=O)N1C. The lowest BCUT2D eigenvalue weighted by atomic mass is 9.77. The van der Waals surface area contributed by atoms with E-state index < -0.39 is 0 Å². The van der Waals surface area contributed by atoms with E-state index in [0.717, 1.165) is 13.0 Å². The molecule has 0 radical (unpaired) electrons. The van der Waals surface area contributed by atoms with Crippen molar-refractivity contribution in [3.63, 3.8) is 0 Å². The van der Waals surface area contributed by atoms with E-state index in [0.29, 0.717) is 23.9 Å². The van der Waals surface area contributed by atoms with Crippen molar-refractivity contribution < 1.29 is 4.79 Å². The van der Waals surface area contributed by atoms with Gasteiger partial charge in [-0.05, 0) is 18.8 Å². The fraction of sp³-hybridized carbons (Fsp3) is 0.917. The van der Waals surface area contributed by atoms with Gasteiger partial charge in [0.1, 0.15) is 0 Å². The van der Waals surface area contributed by atoms with Crippen LogP contribution in [0.25, 0.3) is 0 Å². The van der Waals surface area contributed by atoms with Crippen molar-refractivity contribution in [3.8, 4) is 0 Å². The molecule has 15 heavy (non-hydrogen) atoms. The Bertz CT molecular complexity index is 254. The summed E-state index contributed by atoms with van der Waals surface area (Å²) < 4.78 is 0. The second-order valence-electron chi connectivity index (χ2n) is 5.14. The van der Waals surface area contributed by atoms with Crippen LogP contribution in [-0.4, -0.2) is 36.5 Å². The van der Waals surface area contributed by atoms with Gasteiger partial charge in [-0.1, -0.05) is 20.3 Å². The lowest BCUT2D eigenvalue weighted by Gasteiger charge is -2.49. The molecule has 0 aromatic heterocycles. The van der Waals surface area contributed by atoms with Gasteiger partial charge in [0, 0.05) is 25.7 Å². The van der Waals surface area contributed by atoms with Gasteiger partial charge in [-0.3, -0.25) is 4.79 Å². The van der Waals surface area contributed by atoms with Crippen molar-refractivity contribution in [1.82, 2.24) is 10.2 Å². The summed E-state index contributed by atoms with van der Waals surface area (Å²) in [7, 11) is 1.98. The fourth-order valence-electron chi connectivity index (χ4n) is 3.01. The van der Waals surface area contributed by atoms with Crippen LogP contribution in [0.15, 0.2) is 0 Å². The summed E-state index contributed by atoms with van der Waals surface area (Å²) in [6, 6.07) is 0.921. The normalized spacial score (nSPS) is 37.1. The number of rotatable bonds is 3. The highest BCUT2D eigenvalue weighted by Gasteiger charge is 2.46. The minimum Gasteiger partial charge on any atom is -0.342 e. The van der Waals surface area contributed by atoms with Gasteiger partial charge >= 0.3 is 0 Å². The highest BCUT2D eigenvalue weighted by Crippen LogP contribution is 2.32. The topological polar surface area (TPSA) is 32.3 Å². The predicted molar refractivity (Wildman–Crippen MR) is 60.5 cm³/mol. The molecule has 0 bridgehead atoms. The molecule has 0 aromatic carbocycles. The molecule has 0 aromatic rings. The zero-order chi connectivity index (χ0) is 11.0.